The normalized spacial score (nSPS) is 31.9. The van der Waals surface area contributed by atoms with Gasteiger partial charge in [-0.1, -0.05) is 12.8 Å². The highest BCUT2D eigenvalue weighted by Gasteiger charge is 2.25. The molecule has 2 rings (SSSR count). The highest BCUT2D eigenvalue weighted by Crippen LogP contribution is 2.24. The number of amides is 1. The molecule has 0 spiro atoms. The highest BCUT2D eigenvalue weighted by atomic mass is 16.5. The first kappa shape index (κ1) is 14.8. The number of carbonyl (C=O) groups is 1. The van der Waals surface area contributed by atoms with Crippen LogP contribution < -0.4 is 11.1 Å². The van der Waals surface area contributed by atoms with Crippen molar-refractivity contribution in [1.29, 1.82) is 0 Å². The van der Waals surface area contributed by atoms with Crippen LogP contribution in [0, 0.1) is 5.92 Å². The molecule has 1 heterocycles. The van der Waals surface area contributed by atoms with Crippen LogP contribution in [0.3, 0.4) is 0 Å². The molecule has 0 radical (unpaired) electrons. The van der Waals surface area contributed by atoms with Crippen LogP contribution in [-0.4, -0.2) is 31.2 Å². The van der Waals surface area contributed by atoms with Crippen LogP contribution in [0.15, 0.2) is 0 Å². The minimum atomic E-state index is 0.180. The van der Waals surface area contributed by atoms with Gasteiger partial charge in [-0.2, -0.15) is 0 Å². The lowest BCUT2D eigenvalue weighted by atomic mass is 9.84. The minimum Gasteiger partial charge on any atom is -0.378 e. The number of carbonyl (C=O) groups excluding carboxylic acids is 1. The molecule has 1 saturated carbocycles. The smallest absolute Gasteiger partial charge is 0.220 e. The van der Waals surface area contributed by atoms with E-state index in [0.717, 1.165) is 32.3 Å². The average Bonchev–Trinajstić information content (AvgIpc) is 2.47. The van der Waals surface area contributed by atoms with Crippen molar-refractivity contribution < 1.29 is 9.53 Å². The average molecular weight is 268 g/mol. The van der Waals surface area contributed by atoms with E-state index in [9.17, 15) is 4.79 Å². The van der Waals surface area contributed by atoms with Gasteiger partial charge in [-0.25, -0.2) is 0 Å². The largest absolute Gasteiger partial charge is 0.378 e. The first-order valence-corrected chi connectivity index (χ1v) is 7.90. The van der Waals surface area contributed by atoms with E-state index in [4.69, 9.17) is 10.5 Å². The Morgan fingerprint density at radius 3 is 2.68 bits per heavy atom. The van der Waals surface area contributed by atoms with Gasteiger partial charge in [-0.15, -0.1) is 0 Å². The number of hydrogen-bond donors (Lipinski definition) is 2. The summed E-state index contributed by atoms with van der Waals surface area (Å²) in [6.45, 7) is 1.56. The third-order valence-corrected chi connectivity index (χ3v) is 4.53. The zero-order valence-electron chi connectivity index (χ0n) is 11.9. The molecule has 2 aliphatic rings. The summed E-state index contributed by atoms with van der Waals surface area (Å²) in [6.07, 6.45) is 10.0. The van der Waals surface area contributed by atoms with E-state index in [1.54, 1.807) is 0 Å². The van der Waals surface area contributed by atoms with Gasteiger partial charge >= 0.3 is 0 Å². The lowest BCUT2D eigenvalue weighted by Crippen LogP contribution is -2.44. The molecule has 1 aliphatic heterocycles. The summed E-state index contributed by atoms with van der Waals surface area (Å²) in [6, 6.07) is 0.304. The van der Waals surface area contributed by atoms with Crippen molar-refractivity contribution in [1.82, 2.24) is 5.32 Å². The van der Waals surface area contributed by atoms with Crippen molar-refractivity contribution in [2.45, 2.75) is 69.9 Å². The van der Waals surface area contributed by atoms with Crippen LogP contribution in [-0.2, 0) is 9.53 Å². The first-order valence-electron chi connectivity index (χ1n) is 7.90. The van der Waals surface area contributed by atoms with Gasteiger partial charge in [0.25, 0.3) is 0 Å². The summed E-state index contributed by atoms with van der Waals surface area (Å²) in [5.41, 5.74) is 5.79. The monoisotopic (exact) mass is 268 g/mol. The second-order valence-corrected chi connectivity index (χ2v) is 5.98. The number of ether oxygens (including phenoxy) is 1. The lowest BCUT2D eigenvalue weighted by Gasteiger charge is -2.31. The zero-order valence-corrected chi connectivity index (χ0v) is 11.9. The van der Waals surface area contributed by atoms with Gasteiger partial charge in [0.2, 0.25) is 5.91 Å². The zero-order chi connectivity index (χ0) is 13.5. The topological polar surface area (TPSA) is 64.3 Å². The molecule has 0 aromatic rings. The third-order valence-electron chi connectivity index (χ3n) is 4.53. The standard InChI is InChI=1S/C15H28N2O2/c16-11-12-5-1-2-7-14(12)17-15(18)9-8-13-6-3-4-10-19-13/h12-14H,1-11,16H2,(H,17,18). The van der Waals surface area contributed by atoms with E-state index in [2.05, 4.69) is 5.32 Å². The van der Waals surface area contributed by atoms with Crippen LogP contribution >= 0.6 is 0 Å². The fourth-order valence-corrected chi connectivity index (χ4v) is 3.29. The summed E-state index contributed by atoms with van der Waals surface area (Å²) in [5, 5.41) is 3.18. The Kier molecular flexibility index (Phi) is 6.11. The molecule has 19 heavy (non-hydrogen) atoms. The fraction of sp³-hybridized carbons (Fsp3) is 0.933. The molecule has 4 nitrogen and oxygen atoms in total. The maximum absolute atomic E-state index is 12.0. The van der Waals surface area contributed by atoms with Gasteiger partial charge in [-0.3, -0.25) is 4.79 Å². The maximum Gasteiger partial charge on any atom is 0.220 e. The second kappa shape index (κ2) is 7.85. The molecule has 4 heteroatoms. The van der Waals surface area contributed by atoms with Crippen LogP contribution in [0.4, 0.5) is 0 Å². The third kappa shape index (κ3) is 4.77. The molecule has 110 valence electrons. The van der Waals surface area contributed by atoms with Crippen molar-refractivity contribution in [2.24, 2.45) is 11.7 Å². The Balaban J connectivity index is 1.67. The Labute approximate surface area is 116 Å². The van der Waals surface area contributed by atoms with E-state index in [0.29, 0.717) is 31.0 Å². The van der Waals surface area contributed by atoms with Crippen molar-refractivity contribution >= 4 is 5.91 Å². The molecule has 3 unspecified atom stereocenters. The van der Waals surface area contributed by atoms with Gasteiger partial charge in [0.05, 0.1) is 6.10 Å². The van der Waals surface area contributed by atoms with Gasteiger partial charge in [0.1, 0.15) is 0 Å². The summed E-state index contributed by atoms with van der Waals surface area (Å²) in [4.78, 5) is 12.0. The van der Waals surface area contributed by atoms with E-state index in [1.165, 1.54) is 25.7 Å². The molecule has 3 N–H and O–H groups in total. The number of nitrogens with two attached hydrogens (primary N) is 1. The molecule has 1 saturated heterocycles. The second-order valence-electron chi connectivity index (χ2n) is 5.98. The molecule has 1 aliphatic carbocycles. The van der Waals surface area contributed by atoms with E-state index in [1.807, 2.05) is 0 Å². The summed E-state index contributed by atoms with van der Waals surface area (Å²) in [7, 11) is 0. The fourth-order valence-electron chi connectivity index (χ4n) is 3.29. The minimum absolute atomic E-state index is 0.180. The summed E-state index contributed by atoms with van der Waals surface area (Å²) < 4.78 is 5.66. The van der Waals surface area contributed by atoms with Crippen molar-refractivity contribution in [3.05, 3.63) is 0 Å². The van der Waals surface area contributed by atoms with Crippen molar-refractivity contribution in [3.63, 3.8) is 0 Å². The Morgan fingerprint density at radius 1 is 1.16 bits per heavy atom. The number of hydrogen-bond acceptors (Lipinski definition) is 3. The predicted molar refractivity (Wildman–Crippen MR) is 75.8 cm³/mol. The highest BCUT2D eigenvalue weighted by molar-refractivity contribution is 5.76. The molecule has 1 amide bonds. The van der Waals surface area contributed by atoms with Gasteiger partial charge < -0.3 is 15.8 Å². The van der Waals surface area contributed by atoms with Gasteiger partial charge in [0.15, 0.2) is 0 Å². The van der Waals surface area contributed by atoms with Gasteiger partial charge in [0, 0.05) is 19.1 Å². The van der Waals surface area contributed by atoms with Crippen LogP contribution in [0.1, 0.15) is 57.8 Å². The summed E-state index contributed by atoms with van der Waals surface area (Å²) >= 11 is 0. The Morgan fingerprint density at radius 2 is 1.95 bits per heavy atom. The van der Waals surface area contributed by atoms with Crippen LogP contribution in [0.25, 0.3) is 0 Å². The molecule has 0 aromatic carbocycles. The maximum atomic E-state index is 12.0. The number of rotatable bonds is 5. The van der Waals surface area contributed by atoms with Crippen LogP contribution in [0.2, 0.25) is 0 Å². The predicted octanol–water partition coefficient (Wildman–Crippen LogP) is 1.97. The van der Waals surface area contributed by atoms with Crippen molar-refractivity contribution in [2.75, 3.05) is 13.2 Å². The molecular weight excluding hydrogens is 240 g/mol. The van der Waals surface area contributed by atoms with Crippen LogP contribution in [0.5, 0.6) is 0 Å². The van der Waals surface area contributed by atoms with E-state index >= 15 is 0 Å². The van der Waals surface area contributed by atoms with Crippen molar-refractivity contribution in [3.8, 4) is 0 Å². The first-order chi connectivity index (χ1) is 9.29. The quantitative estimate of drug-likeness (QED) is 0.801. The molecule has 0 bridgehead atoms. The molecule has 2 fully saturated rings. The molecule has 3 atom stereocenters. The SMILES string of the molecule is NCC1CCCCC1NC(=O)CCC1CCCCO1. The molecule has 0 aromatic heterocycles. The van der Waals surface area contributed by atoms with E-state index in [-0.39, 0.29) is 5.91 Å². The van der Waals surface area contributed by atoms with Gasteiger partial charge in [-0.05, 0) is 51.0 Å². The molecular formula is C15H28N2O2. The Bertz CT molecular complexity index is 277. The Hall–Kier alpha value is -0.610. The van der Waals surface area contributed by atoms with E-state index < -0.39 is 0 Å². The number of nitrogens with one attached hydrogen (secondary N) is 1. The lowest BCUT2D eigenvalue weighted by molar-refractivity contribution is -0.123. The summed E-state index contributed by atoms with van der Waals surface area (Å²) in [5.74, 6) is 0.656.